The van der Waals surface area contributed by atoms with Gasteiger partial charge in [-0.2, -0.15) is 19.6 Å². The summed E-state index contributed by atoms with van der Waals surface area (Å²) in [6.07, 6.45) is 7.23. The highest BCUT2D eigenvalue weighted by atomic mass is 16.3. The van der Waals surface area contributed by atoms with E-state index in [2.05, 4.69) is 44.4 Å². The van der Waals surface area contributed by atoms with E-state index in [4.69, 9.17) is 9.98 Å². The molecule has 3 aromatic heterocycles. The van der Waals surface area contributed by atoms with Gasteiger partial charge in [-0.25, -0.2) is 9.79 Å². The van der Waals surface area contributed by atoms with Crippen molar-refractivity contribution in [2.75, 3.05) is 5.32 Å². The molecule has 1 fully saturated rings. The van der Waals surface area contributed by atoms with Gasteiger partial charge in [0, 0.05) is 5.22 Å². The monoisotopic (exact) mass is 432 g/mol. The van der Waals surface area contributed by atoms with E-state index in [1.54, 1.807) is 16.8 Å². The third kappa shape index (κ3) is 4.11. The first-order chi connectivity index (χ1) is 15.6. The summed E-state index contributed by atoms with van der Waals surface area (Å²) in [7, 11) is 0. The van der Waals surface area contributed by atoms with Crippen molar-refractivity contribution in [3.05, 3.63) is 69.1 Å². The Balaban J connectivity index is 1.63. The Morgan fingerprint density at radius 1 is 1.28 bits per heavy atom. The fraction of sp³-hybridized carbons (Fsp3) is 0.318. The minimum absolute atomic E-state index is 0.0536. The Labute approximate surface area is 182 Å². The molecule has 0 saturated heterocycles. The van der Waals surface area contributed by atoms with E-state index < -0.39 is 5.69 Å². The SMILES string of the molecule is CCCC(Nc1nc(=NC2CC2)n2nc/c(=C\c3[nH]c(=O)[nH]c3O)c2n1)c1ccccc1. The van der Waals surface area contributed by atoms with E-state index in [-0.39, 0.29) is 23.7 Å². The van der Waals surface area contributed by atoms with Crippen LogP contribution >= 0.6 is 0 Å². The summed E-state index contributed by atoms with van der Waals surface area (Å²) in [5.41, 5.74) is 1.94. The highest BCUT2D eigenvalue weighted by Crippen LogP contribution is 2.23. The quantitative estimate of drug-likeness (QED) is 0.349. The molecule has 1 aliphatic carbocycles. The Morgan fingerprint density at radius 3 is 2.78 bits per heavy atom. The molecule has 164 valence electrons. The number of hydrogen-bond donors (Lipinski definition) is 4. The largest absolute Gasteiger partial charge is 0.493 e. The maximum absolute atomic E-state index is 11.5. The third-order valence-corrected chi connectivity index (χ3v) is 5.34. The molecular formula is C22H24N8O2. The molecule has 10 heteroatoms. The number of H-pyrrole nitrogens is 2. The minimum atomic E-state index is -0.489. The molecule has 0 radical (unpaired) electrons. The normalized spacial score (nSPS) is 16.0. The predicted molar refractivity (Wildman–Crippen MR) is 119 cm³/mol. The lowest BCUT2D eigenvalue weighted by Crippen LogP contribution is -2.26. The molecule has 4 aromatic rings. The minimum Gasteiger partial charge on any atom is -0.493 e. The van der Waals surface area contributed by atoms with Crippen LogP contribution in [0.1, 0.15) is 49.9 Å². The summed E-state index contributed by atoms with van der Waals surface area (Å²) in [5, 5.41) is 18.4. The summed E-state index contributed by atoms with van der Waals surface area (Å²) in [6, 6.07) is 10.5. The molecule has 0 bridgehead atoms. The molecular weight excluding hydrogens is 408 g/mol. The van der Waals surface area contributed by atoms with Crippen molar-refractivity contribution in [3.63, 3.8) is 0 Å². The number of anilines is 1. The number of nitrogens with one attached hydrogen (secondary N) is 3. The van der Waals surface area contributed by atoms with Gasteiger partial charge in [-0.3, -0.25) is 4.98 Å². The van der Waals surface area contributed by atoms with Crippen molar-refractivity contribution in [2.45, 2.75) is 44.7 Å². The average molecular weight is 432 g/mol. The Hall–Kier alpha value is -3.95. The number of rotatable bonds is 7. The van der Waals surface area contributed by atoms with Crippen LogP contribution < -0.4 is 21.8 Å². The molecule has 10 nitrogen and oxygen atoms in total. The van der Waals surface area contributed by atoms with Gasteiger partial charge in [-0.15, -0.1) is 0 Å². The summed E-state index contributed by atoms with van der Waals surface area (Å²) in [4.78, 5) is 30.4. The topological polar surface area (TPSA) is 136 Å². The fourth-order valence-corrected chi connectivity index (χ4v) is 3.60. The molecule has 1 saturated carbocycles. The van der Waals surface area contributed by atoms with E-state index >= 15 is 0 Å². The van der Waals surface area contributed by atoms with Crippen LogP contribution in [0, 0.1) is 0 Å². The van der Waals surface area contributed by atoms with Crippen molar-refractivity contribution in [2.24, 2.45) is 4.99 Å². The van der Waals surface area contributed by atoms with Crippen LogP contribution in [-0.4, -0.2) is 40.7 Å². The molecule has 1 unspecified atom stereocenters. The maximum Gasteiger partial charge on any atom is 0.326 e. The van der Waals surface area contributed by atoms with Gasteiger partial charge >= 0.3 is 5.69 Å². The van der Waals surface area contributed by atoms with Gasteiger partial charge in [0.05, 0.1) is 18.3 Å². The second-order valence-electron chi connectivity index (χ2n) is 7.92. The van der Waals surface area contributed by atoms with Gasteiger partial charge in [-0.05, 0) is 30.9 Å². The zero-order valence-electron chi connectivity index (χ0n) is 17.6. The number of aromatic nitrogens is 6. The molecule has 1 atom stereocenters. The molecule has 4 N–H and O–H groups in total. The van der Waals surface area contributed by atoms with Crippen LogP contribution in [0.3, 0.4) is 0 Å². The summed E-state index contributed by atoms with van der Waals surface area (Å²) in [5.74, 6) is 0.220. The van der Waals surface area contributed by atoms with E-state index in [0.717, 1.165) is 31.2 Å². The zero-order valence-corrected chi connectivity index (χ0v) is 17.6. The Morgan fingerprint density at radius 2 is 2.09 bits per heavy atom. The van der Waals surface area contributed by atoms with Crippen LogP contribution in [0.25, 0.3) is 11.7 Å². The lowest BCUT2D eigenvalue weighted by molar-refractivity contribution is 0.454. The van der Waals surface area contributed by atoms with Crippen molar-refractivity contribution in [3.8, 4) is 5.88 Å². The van der Waals surface area contributed by atoms with Crippen LogP contribution in [0.5, 0.6) is 5.88 Å². The van der Waals surface area contributed by atoms with Crippen LogP contribution in [-0.2, 0) is 0 Å². The predicted octanol–water partition coefficient (Wildman–Crippen LogP) is 1.41. The first-order valence-electron chi connectivity index (χ1n) is 10.7. The standard InChI is InChI=1S/C22H24N8O2/c1-2-6-16(13-7-4-3-5-8-13)25-20-27-18-14(11-17-19(31)28-22(32)26-17)12-23-30(18)21(29-20)24-15-9-10-15/h3-5,7-8,11-12,15-16,31H,2,6,9-10H2,1H3,(H,24,25,29)(H2,26,28,32)/b14-11+. The second kappa shape index (κ2) is 8.29. The van der Waals surface area contributed by atoms with Gasteiger partial charge in [0.2, 0.25) is 11.8 Å². The average Bonchev–Trinajstić information content (AvgIpc) is 3.42. The maximum atomic E-state index is 11.5. The van der Waals surface area contributed by atoms with E-state index in [1.807, 2.05) is 18.2 Å². The summed E-state index contributed by atoms with van der Waals surface area (Å²) < 4.78 is 1.59. The molecule has 5 rings (SSSR count). The molecule has 32 heavy (non-hydrogen) atoms. The second-order valence-corrected chi connectivity index (χ2v) is 7.92. The lowest BCUT2D eigenvalue weighted by Gasteiger charge is -2.18. The van der Waals surface area contributed by atoms with Crippen molar-refractivity contribution in [1.82, 2.24) is 29.5 Å². The lowest BCUT2D eigenvalue weighted by atomic mass is 10.0. The van der Waals surface area contributed by atoms with Crippen LogP contribution in [0.4, 0.5) is 5.95 Å². The number of nitrogens with zero attached hydrogens (tertiary/aromatic N) is 5. The van der Waals surface area contributed by atoms with Gasteiger partial charge in [0.1, 0.15) is 5.69 Å². The zero-order chi connectivity index (χ0) is 22.1. The first-order valence-corrected chi connectivity index (χ1v) is 10.7. The fourth-order valence-electron chi connectivity index (χ4n) is 3.60. The number of aromatic hydroxyl groups is 1. The van der Waals surface area contributed by atoms with Gasteiger partial charge in [0.25, 0.3) is 5.62 Å². The van der Waals surface area contributed by atoms with E-state index in [1.165, 1.54) is 0 Å². The van der Waals surface area contributed by atoms with Crippen LogP contribution in [0.15, 0.2) is 46.3 Å². The van der Waals surface area contributed by atoms with E-state index in [9.17, 15) is 9.90 Å². The van der Waals surface area contributed by atoms with Gasteiger partial charge < -0.3 is 15.4 Å². The molecule has 1 aromatic carbocycles. The Bertz CT molecular complexity index is 1420. The highest BCUT2D eigenvalue weighted by molar-refractivity contribution is 5.57. The number of hydrogen-bond acceptors (Lipinski definition) is 7. The number of fused-ring (bicyclic) bond motifs is 1. The smallest absolute Gasteiger partial charge is 0.326 e. The number of imidazole rings is 1. The number of benzene rings is 1. The van der Waals surface area contributed by atoms with Crippen molar-refractivity contribution >= 4 is 17.7 Å². The molecule has 3 heterocycles. The molecule has 0 amide bonds. The van der Waals surface area contributed by atoms with Crippen LogP contribution in [0.2, 0.25) is 0 Å². The summed E-state index contributed by atoms with van der Waals surface area (Å²) >= 11 is 0. The number of aromatic amines is 2. The molecule has 0 aliphatic heterocycles. The van der Waals surface area contributed by atoms with Crippen molar-refractivity contribution in [1.29, 1.82) is 0 Å². The van der Waals surface area contributed by atoms with Crippen molar-refractivity contribution < 1.29 is 5.11 Å². The third-order valence-electron chi connectivity index (χ3n) is 5.34. The molecule has 0 spiro atoms. The van der Waals surface area contributed by atoms with Gasteiger partial charge in [-0.1, -0.05) is 43.7 Å². The highest BCUT2D eigenvalue weighted by Gasteiger charge is 2.21. The van der Waals surface area contributed by atoms with Gasteiger partial charge in [0.15, 0.2) is 5.65 Å². The first kappa shape index (κ1) is 20.0. The van der Waals surface area contributed by atoms with E-state index in [0.29, 0.717) is 22.4 Å². The summed E-state index contributed by atoms with van der Waals surface area (Å²) in [6.45, 7) is 2.14. The Kier molecular flexibility index (Phi) is 5.18. The molecule has 1 aliphatic rings.